The van der Waals surface area contributed by atoms with Gasteiger partial charge in [-0.3, -0.25) is 9.89 Å². The van der Waals surface area contributed by atoms with E-state index >= 15 is 0 Å². The number of carbonyl (C=O) groups is 1. The van der Waals surface area contributed by atoms with Crippen molar-refractivity contribution in [1.82, 2.24) is 25.1 Å². The number of nitrogens with zero attached hydrogens (tertiary/aromatic N) is 4. The third kappa shape index (κ3) is 3.41. The smallest absolute Gasteiger partial charge is 0.274 e. The van der Waals surface area contributed by atoms with Crippen LogP contribution in [0.3, 0.4) is 0 Å². The molecule has 2 aromatic rings. The van der Waals surface area contributed by atoms with E-state index in [1.54, 1.807) is 18.3 Å². The van der Waals surface area contributed by atoms with E-state index in [9.17, 15) is 4.79 Å². The van der Waals surface area contributed by atoms with Crippen molar-refractivity contribution in [1.29, 1.82) is 0 Å². The van der Waals surface area contributed by atoms with Gasteiger partial charge in [0.25, 0.3) is 5.91 Å². The monoisotopic (exact) mass is 356 g/mol. The first kappa shape index (κ1) is 17.0. The molecule has 138 valence electrons. The molecule has 3 heterocycles. The molecule has 1 fully saturated rings. The van der Waals surface area contributed by atoms with E-state index in [2.05, 4.69) is 25.5 Å². The first-order valence-electron chi connectivity index (χ1n) is 9.17. The lowest BCUT2D eigenvalue weighted by Gasteiger charge is -2.17. The van der Waals surface area contributed by atoms with Crippen molar-refractivity contribution in [3.8, 4) is 0 Å². The van der Waals surface area contributed by atoms with Crippen molar-refractivity contribution in [3.63, 3.8) is 0 Å². The summed E-state index contributed by atoms with van der Waals surface area (Å²) in [5.74, 6) is 1.10. The number of fused-ring (bicyclic) bond motifs is 1. The summed E-state index contributed by atoms with van der Waals surface area (Å²) in [5, 5.41) is 10.5. The second kappa shape index (κ2) is 7.41. The number of amides is 1. The Kier molecular flexibility index (Phi) is 4.83. The van der Waals surface area contributed by atoms with Crippen LogP contribution < -0.4 is 5.32 Å². The summed E-state index contributed by atoms with van der Waals surface area (Å²) in [4.78, 5) is 22.9. The number of nitrogens with one attached hydrogen (secondary N) is 2. The number of aryl methyl sites for hydroxylation is 1. The lowest BCUT2D eigenvalue weighted by Crippen LogP contribution is -2.32. The highest BCUT2D eigenvalue weighted by molar-refractivity contribution is 5.94. The fourth-order valence-corrected chi connectivity index (χ4v) is 3.59. The Morgan fingerprint density at radius 3 is 3.19 bits per heavy atom. The zero-order valence-corrected chi connectivity index (χ0v) is 15.0. The van der Waals surface area contributed by atoms with E-state index in [0.717, 1.165) is 61.7 Å². The van der Waals surface area contributed by atoms with Crippen LogP contribution in [0.25, 0.3) is 0 Å². The minimum Gasteiger partial charge on any atom is -0.381 e. The first-order chi connectivity index (χ1) is 12.7. The maximum absolute atomic E-state index is 12.6. The van der Waals surface area contributed by atoms with Crippen LogP contribution in [-0.2, 0) is 17.6 Å². The second-order valence-electron chi connectivity index (χ2n) is 6.92. The molecule has 1 aliphatic heterocycles. The molecular weight excluding hydrogens is 332 g/mol. The van der Waals surface area contributed by atoms with Gasteiger partial charge in [-0.2, -0.15) is 5.10 Å². The Hall–Kier alpha value is -2.48. The number of likely N-dealkylation sites (N-methyl/N-ethyl adjacent to an activating group) is 1. The average Bonchev–Trinajstić information content (AvgIpc) is 3.39. The fourth-order valence-electron chi connectivity index (χ4n) is 3.59. The number of aromatic amines is 1. The Bertz CT molecular complexity index is 784. The molecule has 0 aromatic carbocycles. The molecule has 0 saturated carbocycles. The molecule has 1 amide bonds. The molecule has 1 saturated heterocycles. The molecule has 2 N–H and O–H groups in total. The minimum atomic E-state index is -0.0299. The Morgan fingerprint density at radius 1 is 1.42 bits per heavy atom. The molecule has 1 unspecified atom stereocenters. The standard InChI is InChI=1S/C18H24N6O2/c1-24(18(25)17-13-3-2-4-14(13)22-23-17)7-6-19-16-9-15(20-11-21-16)12-5-8-26-10-12/h9,11-12H,2-8,10H2,1H3,(H,22,23)(H,19,20,21). The largest absolute Gasteiger partial charge is 0.381 e. The number of aromatic nitrogens is 4. The number of anilines is 1. The SMILES string of the molecule is CN(CCNc1cc(C2CCOC2)ncn1)C(=O)c1n[nH]c2c1CCC2. The van der Waals surface area contributed by atoms with Crippen molar-refractivity contribution in [2.24, 2.45) is 0 Å². The number of H-pyrrole nitrogens is 1. The Balaban J connectivity index is 1.31. The highest BCUT2D eigenvalue weighted by Crippen LogP contribution is 2.25. The van der Waals surface area contributed by atoms with E-state index < -0.39 is 0 Å². The van der Waals surface area contributed by atoms with E-state index in [4.69, 9.17) is 4.74 Å². The van der Waals surface area contributed by atoms with E-state index in [1.165, 1.54) is 0 Å². The molecular formula is C18H24N6O2. The van der Waals surface area contributed by atoms with E-state index in [1.807, 2.05) is 6.07 Å². The Morgan fingerprint density at radius 2 is 2.35 bits per heavy atom. The van der Waals surface area contributed by atoms with Crippen LogP contribution in [0, 0.1) is 0 Å². The normalized spacial score (nSPS) is 18.7. The third-order valence-electron chi connectivity index (χ3n) is 5.15. The van der Waals surface area contributed by atoms with Crippen LogP contribution in [0.1, 0.15) is 46.2 Å². The second-order valence-corrected chi connectivity index (χ2v) is 6.92. The lowest BCUT2D eigenvalue weighted by atomic mass is 10.1. The zero-order valence-electron chi connectivity index (χ0n) is 15.0. The van der Waals surface area contributed by atoms with Crippen LogP contribution in [0.4, 0.5) is 5.82 Å². The molecule has 0 bridgehead atoms. The maximum Gasteiger partial charge on any atom is 0.274 e. The predicted molar refractivity (Wildman–Crippen MR) is 96.3 cm³/mol. The topological polar surface area (TPSA) is 96.0 Å². The van der Waals surface area contributed by atoms with Gasteiger partial charge in [0.1, 0.15) is 12.1 Å². The van der Waals surface area contributed by atoms with E-state index in [0.29, 0.717) is 24.7 Å². The molecule has 4 rings (SSSR count). The average molecular weight is 356 g/mol. The molecule has 1 aliphatic carbocycles. The van der Waals surface area contributed by atoms with Crippen LogP contribution >= 0.6 is 0 Å². The van der Waals surface area contributed by atoms with Gasteiger partial charge in [-0.15, -0.1) is 0 Å². The van der Waals surface area contributed by atoms with Crippen molar-refractivity contribution in [3.05, 3.63) is 35.0 Å². The van der Waals surface area contributed by atoms with Gasteiger partial charge in [-0.25, -0.2) is 9.97 Å². The molecule has 2 aromatic heterocycles. The first-order valence-corrected chi connectivity index (χ1v) is 9.17. The molecule has 1 atom stereocenters. The number of rotatable bonds is 6. The van der Waals surface area contributed by atoms with Crippen LogP contribution in [0.5, 0.6) is 0 Å². The van der Waals surface area contributed by atoms with Gasteiger partial charge in [0.05, 0.1) is 12.3 Å². The molecule has 8 heteroatoms. The highest BCUT2D eigenvalue weighted by Gasteiger charge is 2.25. The van der Waals surface area contributed by atoms with Crippen molar-refractivity contribution >= 4 is 11.7 Å². The highest BCUT2D eigenvalue weighted by atomic mass is 16.5. The summed E-state index contributed by atoms with van der Waals surface area (Å²) < 4.78 is 5.42. The third-order valence-corrected chi connectivity index (χ3v) is 5.15. The Labute approximate surface area is 152 Å². The lowest BCUT2D eigenvalue weighted by molar-refractivity contribution is 0.0793. The van der Waals surface area contributed by atoms with Crippen molar-refractivity contribution in [2.75, 3.05) is 38.7 Å². The van der Waals surface area contributed by atoms with Gasteiger partial charge in [0.15, 0.2) is 5.69 Å². The van der Waals surface area contributed by atoms with Gasteiger partial charge in [0, 0.05) is 50.0 Å². The fraction of sp³-hybridized carbons (Fsp3) is 0.556. The number of hydrogen-bond acceptors (Lipinski definition) is 6. The summed E-state index contributed by atoms with van der Waals surface area (Å²) in [6, 6.07) is 1.97. The molecule has 26 heavy (non-hydrogen) atoms. The molecule has 8 nitrogen and oxygen atoms in total. The zero-order chi connectivity index (χ0) is 17.9. The van der Waals surface area contributed by atoms with Crippen LogP contribution in [0.2, 0.25) is 0 Å². The maximum atomic E-state index is 12.6. The summed E-state index contributed by atoms with van der Waals surface area (Å²) in [5.41, 5.74) is 3.79. The minimum absolute atomic E-state index is 0.0299. The number of carbonyl (C=O) groups excluding carboxylic acids is 1. The summed E-state index contributed by atoms with van der Waals surface area (Å²) in [7, 11) is 1.81. The van der Waals surface area contributed by atoms with Gasteiger partial charge in [-0.1, -0.05) is 0 Å². The molecule has 0 spiro atoms. The van der Waals surface area contributed by atoms with Crippen molar-refractivity contribution < 1.29 is 9.53 Å². The predicted octanol–water partition coefficient (Wildman–Crippen LogP) is 1.38. The summed E-state index contributed by atoms with van der Waals surface area (Å²) >= 11 is 0. The van der Waals surface area contributed by atoms with E-state index in [-0.39, 0.29) is 5.91 Å². The van der Waals surface area contributed by atoms with Gasteiger partial charge in [-0.05, 0) is 25.7 Å². The molecule has 2 aliphatic rings. The summed E-state index contributed by atoms with van der Waals surface area (Å²) in [6.45, 7) is 2.71. The van der Waals surface area contributed by atoms with Gasteiger partial charge < -0.3 is 15.0 Å². The van der Waals surface area contributed by atoms with Gasteiger partial charge >= 0.3 is 0 Å². The van der Waals surface area contributed by atoms with Crippen LogP contribution in [0.15, 0.2) is 12.4 Å². The summed E-state index contributed by atoms with van der Waals surface area (Å²) in [6.07, 6.45) is 5.60. The quantitative estimate of drug-likeness (QED) is 0.812. The van der Waals surface area contributed by atoms with Crippen molar-refractivity contribution in [2.45, 2.75) is 31.6 Å². The van der Waals surface area contributed by atoms with Crippen LogP contribution in [-0.4, -0.2) is 64.3 Å². The van der Waals surface area contributed by atoms with Gasteiger partial charge in [0.2, 0.25) is 0 Å². The molecule has 0 radical (unpaired) electrons. The number of ether oxygens (including phenoxy) is 1. The number of hydrogen-bond donors (Lipinski definition) is 2.